The molecule has 1 fully saturated rings. The van der Waals surface area contributed by atoms with Crippen LogP contribution < -0.4 is 5.32 Å². The average molecular weight is 361 g/mol. The summed E-state index contributed by atoms with van der Waals surface area (Å²) in [7, 11) is 0. The molecule has 2 atom stereocenters. The normalized spacial score (nSPS) is 20.4. The largest absolute Gasteiger partial charge is 0.444 e. The van der Waals surface area contributed by atoms with Crippen LogP contribution in [0.2, 0.25) is 4.34 Å². The van der Waals surface area contributed by atoms with Gasteiger partial charge in [-0.25, -0.2) is 4.79 Å². The summed E-state index contributed by atoms with van der Waals surface area (Å²) in [6, 6.07) is 2.10. The first-order valence-electron chi connectivity index (χ1n) is 7.81. The number of rotatable bonds is 4. The molecule has 1 saturated heterocycles. The summed E-state index contributed by atoms with van der Waals surface area (Å²) in [6.07, 6.45) is -0.279. The maximum Gasteiger partial charge on any atom is 0.410 e. The number of hydrogen-bond donors (Lipinski definition) is 1. The molecular weight excluding hydrogens is 336 g/mol. The number of amides is 1. The molecule has 0 aromatic carbocycles. The Morgan fingerprint density at radius 3 is 2.96 bits per heavy atom. The van der Waals surface area contributed by atoms with Gasteiger partial charge in [-0.05, 0) is 44.7 Å². The highest BCUT2D eigenvalue weighted by Crippen LogP contribution is 2.24. The van der Waals surface area contributed by atoms with Crippen molar-refractivity contribution in [3.8, 4) is 0 Å². The first-order chi connectivity index (χ1) is 10.8. The summed E-state index contributed by atoms with van der Waals surface area (Å²) in [5, 5.41) is 5.49. The Balaban J connectivity index is 1.92. The monoisotopic (exact) mass is 360 g/mol. The van der Waals surface area contributed by atoms with Gasteiger partial charge < -0.3 is 14.8 Å². The van der Waals surface area contributed by atoms with Crippen molar-refractivity contribution in [3.05, 3.63) is 21.3 Å². The summed E-state index contributed by atoms with van der Waals surface area (Å²) in [4.78, 5) is 14.1. The fourth-order valence-corrected chi connectivity index (χ4v) is 3.35. The molecule has 1 aliphatic heterocycles. The first kappa shape index (κ1) is 18.5. The number of halogens is 1. The lowest BCUT2D eigenvalue weighted by Crippen LogP contribution is -2.54. The van der Waals surface area contributed by atoms with Crippen molar-refractivity contribution in [2.24, 2.45) is 0 Å². The molecule has 0 saturated carbocycles. The number of hydrogen-bond acceptors (Lipinski definition) is 5. The fraction of sp³-hybridized carbons (Fsp3) is 0.688. The minimum Gasteiger partial charge on any atom is -0.444 e. The van der Waals surface area contributed by atoms with E-state index in [1.54, 1.807) is 4.90 Å². The van der Waals surface area contributed by atoms with Crippen molar-refractivity contribution >= 4 is 29.0 Å². The van der Waals surface area contributed by atoms with Gasteiger partial charge >= 0.3 is 6.09 Å². The Labute approximate surface area is 146 Å². The van der Waals surface area contributed by atoms with Gasteiger partial charge in [-0.2, -0.15) is 0 Å². The molecule has 2 rings (SSSR count). The highest BCUT2D eigenvalue weighted by molar-refractivity contribution is 7.14. The van der Waals surface area contributed by atoms with Gasteiger partial charge in [-0.15, -0.1) is 11.3 Å². The smallest absolute Gasteiger partial charge is 0.410 e. The average Bonchev–Trinajstić information content (AvgIpc) is 2.90. The molecule has 2 heterocycles. The fourth-order valence-electron chi connectivity index (χ4n) is 2.37. The summed E-state index contributed by atoms with van der Waals surface area (Å²) in [6.45, 7) is 9.98. The number of nitrogens with zero attached hydrogens (tertiary/aromatic N) is 1. The lowest BCUT2D eigenvalue weighted by atomic mass is 10.1. The Hall–Kier alpha value is -0.820. The second-order valence-electron chi connectivity index (χ2n) is 6.72. The predicted molar refractivity (Wildman–Crippen MR) is 93.3 cm³/mol. The Morgan fingerprint density at radius 1 is 1.61 bits per heavy atom. The zero-order valence-corrected chi connectivity index (χ0v) is 15.7. The Kier molecular flexibility index (Phi) is 6.31. The molecule has 5 nitrogen and oxygen atoms in total. The van der Waals surface area contributed by atoms with Gasteiger partial charge in [0.15, 0.2) is 0 Å². The van der Waals surface area contributed by atoms with E-state index in [0.29, 0.717) is 26.3 Å². The SMILES string of the molecule is CC(NCC1COCCN1C(=O)OC(C)(C)C)c1csc(Cl)c1. The zero-order valence-electron chi connectivity index (χ0n) is 14.1. The third kappa shape index (κ3) is 5.64. The van der Waals surface area contributed by atoms with Crippen LogP contribution in [0.5, 0.6) is 0 Å². The Morgan fingerprint density at radius 2 is 2.35 bits per heavy atom. The van der Waals surface area contributed by atoms with Crippen molar-refractivity contribution in [1.82, 2.24) is 10.2 Å². The summed E-state index contributed by atoms with van der Waals surface area (Å²) >= 11 is 7.50. The third-order valence-corrected chi connectivity index (χ3v) is 4.71. The van der Waals surface area contributed by atoms with Crippen LogP contribution in [0.3, 0.4) is 0 Å². The molecule has 23 heavy (non-hydrogen) atoms. The second-order valence-corrected chi connectivity index (χ2v) is 8.26. The number of carbonyl (C=O) groups is 1. The molecule has 0 spiro atoms. The molecule has 1 N–H and O–H groups in total. The molecule has 130 valence electrons. The van der Waals surface area contributed by atoms with Gasteiger partial charge in [0.1, 0.15) is 5.60 Å². The van der Waals surface area contributed by atoms with Gasteiger partial charge in [0, 0.05) is 19.1 Å². The van der Waals surface area contributed by atoms with Gasteiger partial charge in [0.25, 0.3) is 0 Å². The van der Waals surface area contributed by atoms with E-state index in [0.717, 1.165) is 9.90 Å². The quantitative estimate of drug-likeness (QED) is 0.889. The lowest BCUT2D eigenvalue weighted by molar-refractivity contribution is -0.0321. The maximum atomic E-state index is 12.3. The van der Waals surface area contributed by atoms with Crippen molar-refractivity contribution in [1.29, 1.82) is 0 Å². The minimum atomic E-state index is -0.492. The molecule has 0 radical (unpaired) electrons. The van der Waals surface area contributed by atoms with E-state index < -0.39 is 5.60 Å². The van der Waals surface area contributed by atoms with Crippen LogP contribution in [-0.2, 0) is 9.47 Å². The van der Waals surface area contributed by atoms with Crippen LogP contribution in [0.1, 0.15) is 39.3 Å². The van der Waals surface area contributed by atoms with Crippen LogP contribution in [0, 0.1) is 0 Å². The van der Waals surface area contributed by atoms with Crippen molar-refractivity contribution in [2.45, 2.75) is 45.4 Å². The van der Waals surface area contributed by atoms with Crippen LogP contribution in [0.4, 0.5) is 4.79 Å². The van der Waals surface area contributed by atoms with Crippen molar-refractivity contribution in [2.75, 3.05) is 26.3 Å². The highest BCUT2D eigenvalue weighted by Gasteiger charge is 2.31. The topological polar surface area (TPSA) is 50.8 Å². The van der Waals surface area contributed by atoms with Crippen LogP contribution in [0.25, 0.3) is 0 Å². The summed E-state index contributed by atoms with van der Waals surface area (Å²) in [5.74, 6) is 0. The number of ether oxygens (including phenoxy) is 2. The van der Waals surface area contributed by atoms with Crippen LogP contribution in [0.15, 0.2) is 11.4 Å². The van der Waals surface area contributed by atoms with E-state index in [4.69, 9.17) is 21.1 Å². The second kappa shape index (κ2) is 7.83. The van der Waals surface area contributed by atoms with E-state index in [9.17, 15) is 4.79 Å². The molecule has 7 heteroatoms. The molecule has 0 bridgehead atoms. The first-order valence-corrected chi connectivity index (χ1v) is 9.06. The van der Waals surface area contributed by atoms with Crippen molar-refractivity contribution < 1.29 is 14.3 Å². The van der Waals surface area contributed by atoms with E-state index in [1.807, 2.05) is 32.2 Å². The highest BCUT2D eigenvalue weighted by atomic mass is 35.5. The molecule has 1 amide bonds. The molecule has 0 aliphatic carbocycles. The van der Waals surface area contributed by atoms with E-state index in [2.05, 4.69) is 12.2 Å². The molecule has 1 aliphatic rings. The molecular formula is C16H25ClN2O3S. The summed E-state index contributed by atoms with van der Waals surface area (Å²) < 4.78 is 11.8. The lowest BCUT2D eigenvalue weighted by Gasteiger charge is -2.37. The maximum absolute atomic E-state index is 12.3. The molecule has 1 aromatic heterocycles. The van der Waals surface area contributed by atoms with Gasteiger partial charge in [-0.3, -0.25) is 4.90 Å². The van der Waals surface area contributed by atoms with Crippen molar-refractivity contribution in [3.63, 3.8) is 0 Å². The Bertz CT molecular complexity index is 530. The number of thiophene rings is 1. The predicted octanol–water partition coefficient (Wildman–Crippen LogP) is 3.69. The standard InChI is InChI=1S/C16H25ClN2O3S/c1-11(12-7-14(17)23-10-12)18-8-13-9-21-6-5-19(13)15(20)22-16(2,3)4/h7,10-11,13,18H,5-6,8-9H2,1-4H3. The van der Waals surface area contributed by atoms with Gasteiger partial charge in [0.05, 0.1) is 23.6 Å². The molecule has 2 unspecified atom stereocenters. The number of carbonyl (C=O) groups excluding carboxylic acids is 1. The van der Waals surface area contributed by atoms with Crippen LogP contribution in [-0.4, -0.2) is 48.9 Å². The summed E-state index contributed by atoms with van der Waals surface area (Å²) in [5.41, 5.74) is 0.661. The number of morpholine rings is 1. The van der Waals surface area contributed by atoms with Crippen LogP contribution >= 0.6 is 22.9 Å². The minimum absolute atomic E-state index is 0.0323. The molecule has 1 aromatic rings. The number of nitrogens with one attached hydrogen (secondary N) is 1. The van der Waals surface area contributed by atoms with Gasteiger partial charge in [-0.1, -0.05) is 11.6 Å². The van der Waals surface area contributed by atoms with E-state index in [-0.39, 0.29) is 18.2 Å². The van der Waals surface area contributed by atoms with E-state index in [1.165, 1.54) is 11.3 Å². The van der Waals surface area contributed by atoms with E-state index >= 15 is 0 Å². The van der Waals surface area contributed by atoms with Gasteiger partial charge in [0.2, 0.25) is 0 Å². The zero-order chi connectivity index (χ0) is 17.0. The third-order valence-electron chi connectivity index (χ3n) is 3.60.